The van der Waals surface area contributed by atoms with Crippen LogP contribution in [-0.2, 0) is 27.2 Å². The third-order valence-electron chi connectivity index (χ3n) is 2.41. The van der Waals surface area contributed by atoms with E-state index in [0.29, 0.717) is 6.01 Å². The summed E-state index contributed by atoms with van der Waals surface area (Å²) in [6, 6.07) is 0.463. The first-order valence-corrected chi connectivity index (χ1v) is 6.98. The molecule has 0 unspecified atom stereocenters. The van der Waals surface area contributed by atoms with Crippen molar-refractivity contribution in [2.24, 2.45) is 7.05 Å². The summed E-state index contributed by atoms with van der Waals surface area (Å²) in [5.41, 5.74) is 0. The number of hydrogen-bond donors (Lipinski definition) is 0. The molecule has 7 heteroatoms. The van der Waals surface area contributed by atoms with Crippen LogP contribution in [0, 0.1) is 0 Å². The van der Waals surface area contributed by atoms with Crippen molar-refractivity contribution >= 4 is 7.82 Å². The summed E-state index contributed by atoms with van der Waals surface area (Å²) in [5, 5.41) is 0. The number of imidazole rings is 1. The van der Waals surface area contributed by atoms with Crippen molar-refractivity contribution in [2.45, 2.75) is 26.3 Å². The van der Waals surface area contributed by atoms with Gasteiger partial charge in [-0.25, -0.2) is 4.57 Å². The summed E-state index contributed by atoms with van der Waals surface area (Å²) in [4.78, 5) is 0. The molecule has 0 aromatic carbocycles. The number of hydrogen-bond acceptors (Lipinski definition) is 4. The van der Waals surface area contributed by atoms with Gasteiger partial charge in [0.25, 0.3) is 0 Å². The zero-order valence-corrected chi connectivity index (χ0v) is 11.6. The molecule has 0 radical (unpaired) electrons. The molecule has 0 amide bonds. The summed E-state index contributed by atoms with van der Waals surface area (Å²) in [6.07, 6.45) is 5.81. The molecule has 1 aromatic heterocycles. The van der Waals surface area contributed by atoms with Crippen LogP contribution < -0.4 is 9.09 Å². The molecule has 0 N–H and O–H groups in total. The molecule has 0 saturated heterocycles. The minimum absolute atomic E-state index is 0.463. The smallest absolute Gasteiger partial charge is 0.334 e. The molecule has 1 aromatic rings. The van der Waals surface area contributed by atoms with Gasteiger partial charge in [-0.15, -0.1) is 0 Å². The number of rotatable bonds is 7. The Balaban J connectivity index is 2.89. The Morgan fingerprint density at radius 1 is 1.41 bits per heavy atom. The van der Waals surface area contributed by atoms with Crippen molar-refractivity contribution < 1.29 is 22.7 Å². The average molecular weight is 263 g/mol. The molecule has 0 aliphatic rings. The highest BCUT2D eigenvalue weighted by Gasteiger charge is 2.31. The van der Waals surface area contributed by atoms with Crippen molar-refractivity contribution in [3.05, 3.63) is 12.4 Å². The van der Waals surface area contributed by atoms with E-state index in [-0.39, 0.29) is 0 Å². The zero-order valence-electron chi connectivity index (χ0n) is 10.8. The number of nitrogens with zero attached hydrogens (tertiary/aromatic N) is 2. The first-order valence-electron chi connectivity index (χ1n) is 5.52. The number of aromatic nitrogens is 2. The van der Waals surface area contributed by atoms with Crippen molar-refractivity contribution in [2.75, 3.05) is 14.2 Å². The fraction of sp³-hybridized carbons (Fsp3) is 0.700. The molecule has 1 rings (SSSR count). The minimum atomic E-state index is -3.50. The number of aryl methyl sites for hydroxylation is 2. The maximum Gasteiger partial charge on any atom is 0.534 e. The quantitative estimate of drug-likeness (QED) is 0.557. The van der Waals surface area contributed by atoms with Gasteiger partial charge in [0.2, 0.25) is 0 Å². The Kier molecular flexibility index (Phi) is 5.18. The van der Waals surface area contributed by atoms with E-state index in [9.17, 15) is 4.57 Å². The van der Waals surface area contributed by atoms with E-state index in [1.165, 1.54) is 14.2 Å². The average Bonchev–Trinajstić information content (AvgIpc) is 2.68. The summed E-state index contributed by atoms with van der Waals surface area (Å²) >= 11 is 0. The second kappa shape index (κ2) is 6.19. The highest BCUT2D eigenvalue weighted by atomic mass is 31.2. The molecule has 0 aliphatic heterocycles. The third-order valence-corrected chi connectivity index (χ3v) is 3.69. The highest BCUT2D eigenvalue weighted by Crippen LogP contribution is 2.46. The Hall–Kier alpha value is -0.840. The lowest BCUT2D eigenvalue weighted by atomic mass is 10.3. The van der Waals surface area contributed by atoms with Crippen molar-refractivity contribution in [3.63, 3.8) is 0 Å². The van der Waals surface area contributed by atoms with Crippen LogP contribution in [0.5, 0.6) is 6.01 Å². The standard InChI is InChI=1S/C10H20N2O4P/c1-5-6-7-12-9-8-11(2)10(12)16-17(13,14-3)15-4/h8-9H,5-7H2,1-4H3/q+1. The molecule has 0 spiro atoms. The Bertz CT molecular complexity index is 397. The van der Waals surface area contributed by atoms with Crippen LogP contribution in [0.25, 0.3) is 0 Å². The molecule has 98 valence electrons. The second-order valence-corrected chi connectivity index (χ2v) is 5.45. The predicted octanol–water partition coefficient (Wildman–Crippen LogP) is 1.89. The van der Waals surface area contributed by atoms with Gasteiger partial charge in [0, 0.05) is 14.2 Å². The monoisotopic (exact) mass is 263 g/mol. The van der Waals surface area contributed by atoms with Crippen LogP contribution in [0.4, 0.5) is 0 Å². The summed E-state index contributed by atoms with van der Waals surface area (Å²) in [6.45, 7) is 2.92. The molecule has 17 heavy (non-hydrogen) atoms. The van der Waals surface area contributed by atoms with Crippen LogP contribution in [0.3, 0.4) is 0 Å². The molecule has 0 fully saturated rings. The molecule has 0 atom stereocenters. The van der Waals surface area contributed by atoms with Gasteiger partial charge >= 0.3 is 13.8 Å². The number of unbranched alkanes of at least 4 members (excludes halogenated alkanes) is 1. The molecule has 6 nitrogen and oxygen atoms in total. The van der Waals surface area contributed by atoms with Gasteiger partial charge in [-0.2, -0.15) is 9.13 Å². The maximum absolute atomic E-state index is 11.9. The molecule has 0 aliphatic carbocycles. The normalized spacial score (nSPS) is 11.8. The first-order chi connectivity index (χ1) is 8.06. The lowest BCUT2D eigenvalue weighted by Crippen LogP contribution is -2.28. The topological polar surface area (TPSA) is 53.6 Å². The molecular weight excluding hydrogens is 243 g/mol. The zero-order chi connectivity index (χ0) is 12.9. The van der Waals surface area contributed by atoms with E-state index < -0.39 is 7.82 Å². The summed E-state index contributed by atoms with van der Waals surface area (Å²) in [7, 11) is 0.906. The van der Waals surface area contributed by atoms with E-state index in [1.54, 1.807) is 4.57 Å². The fourth-order valence-corrected chi connectivity index (χ4v) is 2.11. The number of phosphoric ester groups is 1. The van der Waals surface area contributed by atoms with Crippen molar-refractivity contribution in [1.29, 1.82) is 0 Å². The van der Waals surface area contributed by atoms with Gasteiger partial charge in [-0.1, -0.05) is 13.3 Å². The minimum Gasteiger partial charge on any atom is -0.334 e. The van der Waals surface area contributed by atoms with Gasteiger partial charge in [0.05, 0.1) is 13.6 Å². The molecule has 0 bridgehead atoms. The predicted molar refractivity (Wildman–Crippen MR) is 62.8 cm³/mol. The van der Waals surface area contributed by atoms with Gasteiger partial charge in [0.1, 0.15) is 12.4 Å². The van der Waals surface area contributed by atoms with Gasteiger partial charge in [-0.05, 0) is 6.42 Å². The maximum atomic E-state index is 11.9. The summed E-state index contributed by atoms with van der Waals surface area (Å²) < 4.78 is 30.4. The highest BCUT2D eigenvalue weighted by molar-refractivity contribution is 7.48. The van der Waals surface area contributed by atoms with Crippen LogP contribution in [-0.4, -0.2) is 18.8 Å². The Morgan fingerprint density at radius 2 is 2.06 bits per heavy atom. The largest absolute Gasteiger partial charge is 0.534 e. The van der Waals surface area contributed by atoms with Gasteiger partial charge in [0.15, 0.2) is 0 Å². The summed E-state index contributed by atoms with van der Waals surface area (Å²) in [5.74, 6) is 0. The van der Waals surface area contributed by atoms with E-state index >= 15 is 0 Å². The van der Waals surface area contributed by atoms with Crippen LogP contribution >= 0.6 is 7.82 Å². The Morgan fingerprint density at radius 3 is 2.59 bits per heavy atom. The molecule has 0 saturated carbocycles. The lowest BCUT2D eigenvalue weighted by molar-refractivity contribution is -0.674. The van der Waals surface area contributed by atoms with Crippen LogP contribution in [0.2, 0.25) is 0 Å². The Labute approximate surface area is 102 Å². The van der Waals surface area contributed by atoms with E-state index in [2.05, 4.69) is 6.92 Å². The fourth-order valence-electron chi connectivity index (χ4n) is 1.38. The van der Waals surface area contributed by atoms with Crippen molar-refractivity contribution in [1.82, 2.24) is 4.57 Å². The molecule has 1 heterocycles. The first kappa shape index (κ1) is 14.2. The van der Waals surface area contributed by atoms with Gasteiger partial charge in [-0.3, -0.25) is 9.05 Å². The third kappa shape index (κ3) is 3.56. The van der Waals surface area contributed by atoms with E-state index in [1.807, 2.05) is 24.0 Å². The van der Waals surface area contributed by atoms with Crippen LogP contribution in [0.15, 0.2) is 12.4 Å². The molecular formula is C10H20N2O4P+. The SMILES string of the molecule is CCCCn1cc[n+](C)c1OP(=O)(OC)OC. The van der Waals surface area contributed by atoms with E-state index in [4.69, 9.17) is 13.6 Å². The van der Waals surface area contributed by atoms with Crippen LogP contribution in [0.1, 0.15) is 19.8 Å². The lowest BCUT2D eigenvalue weighted by Gasteiger charge is -2.12. The van der Waals surface area contributed by atoms with E-state index in [0.717, 1.165) is 19.4 Å². The number of phosphoric acid groups is 1. The van der Waals surface area contributed by atoms with Gasteiger partial charge < -0.3 is 4.52 Å². The second-order valence-electron chi connectivity index (χ2n) is 3.64. The van der Waals surface area contributed by atoms with Crippen molar-refractivity contribution in [3.8, 4) is 6.01 Å².